The third kappa shape index (κ3) is 5.87. The number of aromatic hydroxyl groups is 1. The summed E-state index contributed by atoms with van der Waals surface area (Å²) >= 11 is 0. The monoisotopic (exact) mass is 358 g/mol. The van der Waals surface area contributed by atoms with Gasteiger partial charge in [-0.3, -0.25) is 9.78 Å². The first-order chi connectivity index (χ1) is 12.6. The maximum atomic E-state index is 12.2. The summed E-state index contributed by atoms with van der Waals surface area (Å²) in [4.78, 5) is 18.1. The number of pyridine rings is 1. The third-order valence-corrected chi connectivity index (χ3v) is 3.82. The van der Waals surface area contributed by atoms with Gasteiger partial charge in [-0.1, -0.05) is 66.7 Å². The molecule has 4 heteroatoms. The van der Waals surface area contributed by atoms with Crippen LogP contribution in [-0.2, 0) is 5.41 Å². The van der Waals surface area contributed by atoms with Crippen molar-refractivity contribution >= 4 is 5.91 Å². The van der Waals surface area contributed by atoms with Gasteiger partial charge >= 0.3 is 0 Å². The van der Waals surface area contributed by atoms with Gasteiger partial charge in [0.2, 0.25) is 0 Å². The van der Waals surface area contributed by atoms with Crippen molar-refractivity contribution in [1.82, 2.24) is 9.88 Å². The predicted octanol–water partition coefficient (Wildman–Crippen LogP) is 5.28. The molecule has 1 aliphatic heterocycles. The highest BCUT2D eigenvalue weighted by Crippen LogP contribution is 2.35. The van der Waals surface area contributed by atoms with Gasteiger partial charge in [-0.05, 0) is 29.8 Å². The van der Waals surface area contributed by atoms with Crippen molar-refractivity contribution in [3.63, 3.8) is 0 Å². The number of hydrogen-bond donors (Lipinski definition) is 1. The molecular weight excluding hydrogens is 324 g/mol. The molecule has 1 saturated heterocycles. The Morgan fingerprint density at radius 1 is 0.962 bits per heavy atom. The molecule has 1 aromatic carbocycles. The van der Waals surface area contributed by atoms with E-state index in [1.54, 1.807) is 35.4 Å². The minimum Gasteiger partial charge on any atom is -0.508 e. The molecule has 1 aromatic heterocycles. The van der Waals surface area contributed by atoms with Gasteiger partial charge in [0.15, 0.2) is 0 Å². The Morgan fingerprint density at radius 3 is 1.96 bits per heavy atom. The van der Waals surface area contributed by atoms with Crippen molar-refractivity contribution < 1.29 is 9.90 Å². The number of carbonyl (C=O) groups is 1. The molecule has 1 amide bonds. The molecule has 2 aromatic rings. The molecule has 144 valence electrons. The first-order valence-electron chi connectivity index (χ1n) is 9.58. The predicted molar refractivity (Wildman–Crippen MR) is 110 cm³/mol. The molecule has 1 N–H and O–H groups in total. The molecule has 2 heterocycles. The van der Waals surface area contributed by atoms with Gasteiger partial charge < -0.3 is 10.0 Å². The standard InChI is InChI=1S/C16H16N2O2.3C2H6/c1-16(12-5-7-13(19)8-6-12)10-18(11-16)15(20)14-4-2-3-9-17-14;3*1-2/h2-9,19H,10-11H2,1H3;3*1-2H3. The number of phenols is 1. The highest BCUT2D eigenvalue weighted by molar-refractivity contribution is 5.93. The third-order valence-electron chi connectivity index (χ3n) is 3.82. The smallest absolute Gasteiger partial charge is 0.272 e. The highest BCUT2D eigenvalue weighted by Gasteiger charge is 2.42. The summed E-state index contributed by atoms with van der Waals surface area (Å²) in [6.07, 6.45) is 1.63. The average molecular weight is 359 g/mol. The Labute approximate surface area is 158 Å². The van der Waals surface area contributed by atoms with Crippen LogP contribution in [0.15, 0.2) is 48.7 Å². The fourth-order valence-corrected chi connectivity index (χ4v) is 2.64. The summed E-state index contributed by atoms with van der Waals surface area (Å²) in [5.41, 5.74) is 1.58. The van der Waals surface area contributed by atoms with Crippen LogP contribution in [0.1, 0.15) is 64.5 Å². The molecule has 0 unspecified atom stereocenters. The van der Waals surface area contributed by atoms with Gasteiger partial charge in [0.05, 0.1) is 0 Å². The van der Waals surface area contributed by atoms with E-state index in [1.807, 2.05) is 59.7 Å². The maximum absolute atomic E-state index is 12.2. The maximum Gasteiger partial charge on any atom is 0.272 e. The zero-order chi connectivity index (χ0) is 20.2. The van der Waals surface area contributed by atoms with Crippen LogP contribution < -0.4 is 0 Å². The number of likely N-dealkylation sites (tertiary alicyclic amines) is 1. The van der Waals surface area contributed by atoms with Crippen LogP contribution in [0.4, 0.5) is 0 Å². The second kappa shape index (κ2) is 12.1. The fraction of sp³-hybridized carbons (Fsp3) is 0.455. The zero-order valence-electron chi connectivity index (χ0n) is 17.3. The minimum absolute atomic E-state index is 0.0261. The van der Waals surface area contributed by atoms with E-state index in [-0.39, 0.29) is 17.1 Å². The molecule has 0 atom stereocenters. The normalized spacial score (nSPS) is 13.4. The second-order valence-corrected chi connectivity index (χ2v) is 5.48. The molecule has 0 spiro atoms. The Morgan fingerprint density at radius 2 is 1.50 bits per heavy atom. The van der Waals surface area contributed by atoms with E-state index in [4.69, 9.17) is 0 Å². The molecule has 0 aliphatic carbocycles. The summed E-state index contributed by atoms with van der Waals surface area (Å²) in [5, 5.41) is 9.33. The van der Waals surface area contributed by atoms with Crippen LogP contribution in [0.5, 0.6) is 5.75 Å². The quantitative estimate of drug-likeness (QED) is 0.794. The average Bonchev–Trinajstić information content (AvgIpc) is 2.71. The van der Waals surface area contributed by atoms with Crippen molar-refractivity contribution in [3.8, 4) is 5.75 Å². The Kier molecular flexibility index (Phi) is 11.0. The van der Waals surface area contributed by atoms with E-state index in [0.29, 0.717) is 18.8 Å². The number of nitrogens with zero attached hydrogens (tertiary/aromatic N) is 2. The summed E-state index contributed by atoms with van der Waals surface area (Å²) in [5.74, 6) is 0.236. The summed E-state index contributed by atoms with van der Waals surface area (Å²) in [7, 11) is 0. The number of hydrogen-bond acceptors (Lipinski definition) is 3. The number of aromatic nitrogens is 1. The van der Waals surface area contributed by atoms with Crippen LogP contribution in [0, 0.1) is 0 Å². The van der Waals surface area contributed by atoms with Gasteiger partial charge in [-0.15, -0.1) is 0 Å². The lowest BCUT2D eigenvalue weighted by Crippen LogP contribution is -2.59. The van der Waals surface area contributed by atoms with Crippen LogP contribution in [-0.4, -0.2) is 34.0 Å². The topological polar surface area (TPSA) is 53.4 Å². The Balaban J connectivity index is 0.000000948. The molecule has 3 rings (SSSR count). The molecular formula is C22H34N2O2. The SMILES string of the molecule is CC.CC.CC.CC1(c2ccc(O)cc2)CN(C(=O)c2ccccn2)C1. The van der Waals surface area contributed by atoms with Gasteiger partial charge in [0.1, 0.15) is 11.4 Å². The molecule has 26 heavy (non-hydrogen) atoms. The summed E-state index contributed by atoms with van der Waals surface area (Å²) in [6, 6.07) is 12.6. The highest BCUT2D eigenvalue weighted by atomic mass is 16.3. The van der Waals surface area contributed by atoms with Gasteiger partial charge in [0.25, 0.3) is 5.91 Å². The van der Waals surface area contributed by atoms with E-state index < -0.39 is 0 Å². The Bertz CT molecular complexity index is 618. The van der Waals surface area contributed by atoms with E-state index >= 15 is 0 Å². The number of rotatable bonds is 2. The van der Waals surface area contributed by atoms with E-state index in [0.717, 1.165) is 5.56 Å². The first kappa shape index (κ1) is 23.6. The van der Waals surface area contributed by atoms with Gasteiger partial charge in [-0.2, -0.15) is 0 Å². The summed E-state index contributed by atoms with van der Waals surface area (Å²) < 4.78 is 0. The van der Waals surface area contributed by atoms with E-state index in [2.05, 4.69) is 11.9 Å². The van der Waals surface area contributed by atoms with Crippen molar-refractivity contribution in [2.75, 3.05) is 13.1 Å². The van der Waals surface area contributed by atoms with Crippen molar-refractivity contribution in [1.29, 1.82) is 0 Å². The van der Waals surface area contributed by atoms with E-state index in [1.165, 1.54) is 0 Å². The molecule has 0 radical (unpaired) electrons. The first-order valence-corrected chi connectivity index (χ1v) is 9.58. The lowest BCUT2D eigenvalue weighted by Gasteiger charge is -2.48. The largest absolute Gasteiger partial charge is 0.508 e. The van der Waals surface area contributed by atoms with Crippen LogP contribution in [0.3, 0.4) is 0 Å². The lowest BCUT2D eigenvalue weighted by molar-refractivity contribution is 0.0427. The number of amides is 1. The summed E-state index contributed by atoms with van der Waals surface area (Å²) in [6.45, 7) is 15.5. The molecule has 0 bridgehead atoms. The lowest BCUT2D eigenvalue weighted by atomic mass is 9.75. The Hall–Kier alpha value is -2.36. The molecule has 1 aliphatic rings. The van der Waals surface area contributed by atoms with Gasteiger partial charge in [0, 0.05) is 24.7 Å². The molecule has 4 nitrogen and oxygen atoms in total. The zero-order valence-corrected chi connectivity index (χ0v) is 17.3. The van der Waals surface area contributed by atoms with Crippen LogP contribution in [0.2, 0.25) is 0 Å². The molecule has 1 fully saturated rings. The number of carbonyl (C=O) groups excluding carboxylic acids is 1. The second-order valence-electron chi connectivity index (χ2n) is 5.48. The van der Waals surface area contributed by atoms with E-state index in [9.17, 15) is 9.90 Å². The van der Waals surface area contributed by atoms with Gasteiger partial charge in [-0.25, -0.2) is 0 Å². The van der Waals surface area contributed by atoms with Crippen molar-refractivity contribution in [2.45, 2.75) is 53.9 Å². The van der Waals surface area contributed by atoms with Crippen molar-refractivity contribution in [2.24, 2.45) is 0 Å². The molecule has 0 saturated carbocycles. The number of benzene rings is 1. The van der Waals surface area contributed by atoms with Crippen molar-refractivity contribution in [3.05, 3.63) is 59.9 Å². The minimum atomic E-state index is -0.0435. The number of phenolic OH excluding ortho intramolecular Hbond substituents is 1. The van der Waals surface area contributed by atoms with Crippen LogP contribution in [0.25, 0.3) is 0 Å². The fourth-order valence-electron chi connectivity index (χ4n) is 2.64. The van der Waals surface area contributed by atoms with Crippen LogP contribution >= 0.6 is 0 Å².